The van der Waals surface area contributed by atoms with Gasteiger partial charge in [0.15, 0.2) is 13.2 Å². The maximum absolute atomic E-state index is 13.0. The molecule has 23 heavy (non-hydrogen) atoms. The molecule has 0 unspecified atom stereocenters. The topological polar surface area (TPSA) is 76.7 Å². The fourth-order valence-electron chi connectivity index (χ4n) is 2.10. The summed E-state index contributed by atoms with van der Waals surface area (Å²) in [5.41, 5.74) is 0.811. The van der Waals surface area contributed by atoms with Crippen LogP contribution in [-0.2, 0) is 9.59 Å². The van der Waals surface area contributed by atoms with E-state index in [0.717, 1.165) is 0 Å². The zero-order valence-electron chi connectivity index (χ0n) is 12.0. The van der Waals surface area contributed by atoms with E-state index in [0.29, 0.717) is 17.1 Å². The van der Waals surface area contributed by atoms with Crippen LogP contribution < -0.4 is 20.1 Å². The van der Waals surface area contributed by atoms with Crippen molar-refractivity contribution in [3.63, 3.8) is 0 Å². The van der Waals surface area contributed by atoms with Crippen LogP contribution in [-0.4, -0.2) is 25.0 Å². The number of benzene rings is 2. The van der Waals surface area contributed by atoms with Crippen LogP contribution in [0.1, 0.15) is 0 Å². The average Bonchev–Trinajstić information content (AvgIpc) is 2.54. The molecule has 2 amide bonds. The van der Waals surface area contributed by atoms with Crippen molar-refractivity contribution in [3.8, 4) is 11.5 Å². The summed E-state index contributed by atoms with van der Waals surface area (Å²) in [6.45, 7) is -0.352. The lowest BCUT2D eigenvalue weighted by Crippen LogP contribution is -2.27. The molecule has 0 spiro atoms. The van der Waals surface area contributed by atoms with Crippen LogP contribution in [0, 0.1) is 5.82 Å². The van der Waals surface area contributed by atoms with Gasteiger partial charge >= 0.3 is 0 Å². The minimum absolute atomic E-state index is 0.0624. The molecule has 0 saturated heterocycles. The van der Waals surface area contributed by atoms with Crippen LogP contribution in [0.15, 0.2) is 42.5 Å². The summed E-state index contributed by atoms with van der Waals surface area (Å²) in [6, 6.07) is 10.5. The van der Waals surface area contributed by atoms with Crippen LogP contribution in [0.25, 0.3) is 0 Å². The summed E-state index contributed by atoms with van der Waals surface area (Å²) in [5, 5.41) is 5.27. The first-order valence-corrected chi connectivity index (χ1v) is 6.86. The number of para-hydroxylation sites is 1. The predicted octanol–water partition coefficient (Wildman–Crippen LogP) is 2.17. The molecule has 0 atom stereocenters. The predicted molar refractivity (Wildman–Crippen MR) is 81.1 cm³/mol. The van der Waals surface area contributed by atoms with Gasteiger partial charge in [0.2, 0.25) is 0 Å². The maximum Gasteiger partial charge on any atom is 0.262 e. The van der Waals surface area contributed by atoms with Crippen LogP contribution in [0.2, 0.25) is 0 Å². The number of nitrogens with one attached hydrogen (secondary N) is 2. The van der Waals surface area contributed by atoms with Gasteiger partial charge in [0.25, 0.3) is 11.8 Å². The monoisotopic (exact) mass is 316 g/mol. The lowest BCUT2D eigenvalue weighted by molar-refractivity contribution is -0.119. The number of fused-ring (bicyclic) bond motifs is 1. The van der Waals surface area contributed by atoms with Gasteiger partial charge in [-0.2, -0.15) is 0 Å². The third-order valence-corrected chi connectivity index (χ3v) is 3.09. The summed E-state index contributed by atoms with van der Waals surface area (Å²) in [6.07, 6.45) is 0. The molecule has 0 aliphatic carbocycles. The Hall–Kier alpha value is -3.09. The third kappa shape index (κ3) is 3.57. The van der Waals surface area contributed by atoms with Crippen molar-refractivity contribution in [1.29, 1.82) is 0 Å². The highest BCUT2D eigenvalue weighted by molar-refractivity contribution is 6.03. The second-order valence-electron chi connectivity index (χ2n) is 4.81. The first kappa shape index (κ1) is 14.8. The molecule has 7 heteroatoms. The van der Waals surface area contributed by atoms with Gasteiger partial charge in [0.05, 0.1) is 5.69 Å². The van der Waals surface area contributed by atoms with E-state index in [-0.39, 0.29) is 24.9 Å². The maximum atomic E-state index is 13.0. The fourth-order valence-corrected chi connectivity index (χ4v) is 2.10. The molecule has 0 radical (unpaired) electrons. The van der Waals surface area contributed by atoms with Crippen molar-refractivity contribution in [2.75, 3.05) is 23.8 Å². The molecule has 3 rings (SSSR count). The second-order valence-corrected chi connectivity index (χ2v) is 4.81. The highest BCUT2D eigenvalue weighted by atomic mass is 19.1. The molecule has 2 aromatic rings. The molecule has 2 aromatic carbocycles. The number of anilines is 2. The van der Waals surface area contributed by atoms with Gasteiger partial charge in [0, 0.05) is 6.07 Å². The van der Waals surface area contributed by atoms with Crippen molar-refractivity contribution >= 4 is 23.2 Å². The van der Waals surface area contributed by atoms with Gasteiger partial charge in [-0.15, -0.1) is 0 Å². The first-order chi connectivity index (χ1) is 11.1. The molecule has 0 saturated carbocycles. The molecular weight excluding hydrogens is 303 g/mol. The molecule has 0 bridgehead atoms. The van der Waals surface area contributed by atoms with Crippen molar-refractivity contribution < 1.29 is 23.5 Å². The van der Waals surface area contributed by atoms with Crippen molar-refractivity contribution in [2.45, 2.75) is 0 Å². The molecule has 1 heterocycles. The Morgan fingerprint density at radius 2 is 2.13 bits per heavy atom. The molecule has 2 N–H and O–H groups in total. The molecule has 6 nitrogen and oxygen atoms in total. The van der Waals surface area contributed by atoms with E-state index in [4.69, 9.17) is 9.47 Å². The van der Waals surface area contributed by atoms with E-state index in [1.165, 1.54) is 18.2 Å². The molecule has 1 aliphatic heterocycles. The number of ether oxygens (including phenoxy) is 2. The third-order valence-electron chi connectivity index (χ3n) is 3.09. The number of amides is 2. The molecule has 0 fully saturated rings. The van der Waals surface area contributed by atoms with Crippen LogP contribution >= 0.6 is 0 Å². The lowest BCUT2D eigenvalue weighted by atomic mass is 10.2. The van der Waals surface area contributed by atoms with E-state index >= 15 is 0 Å². The van der Waals surface area contributed by atoms with Crippen LogP contribution in [0.5, 0.6) is 11.5 Å². The quantitative estimate of drug-likeness (QED) is 0.906. The Labute approximate surface area is 131 Å². The van der Waals surface area contributed by atoms with Crippen LogP contribution in [0.3, 0.4) is 0 Å². The SMILES string of the molecule is O=C(COc1cccc(F)c1)Nc1cccc2c1NC(=O)CO2. The number of carbonyl (C=O) groups excluding carboxylic acids is 2. The normalized spacial score (nSPS) is 12.7. The van der Waals surface area contributed by atoms with Gasteiger partial charge in [-0.05, 0) is 24.3 Å². The minimum Gasteiger partial charge on any atom is -0.484 e. The second kappa shape index (κ2) is 6.35. The smallest absolute Gasteiger partial charge is 0.262 e. The Kier molecular flexibility index (Phi) is 4.09. The van der Waals surface area contributed by atoms with E-state index in [9.17, 15) is 14.0 Å². The van der Waals surface area contributed by atoms with Gasteiger partial charge < -0.3 is 20.1 Å². The van der Waals surface area contributed by atoms with Crippen molar-refractivity contribution in [3.05, 3.63) is 48.3 Å². The van der Waals surface area contributed by atoms with Gasteiger partial charge in [-0.3, -0.25) is 9.59 Å². The molecule has 1 aliphatic rings. The Bertz CT molecular complexity index is 763. The summed E-state index contributed by atoms with van der Waals surface area (Å²) >= 11 is 0. The average molecular weight is 316 g/mol. The van der Waals surface area contributed by atoms with Gasteiger partial charge in [-0.1, -0.05) is 12.1 Å². The highest BCUT2D eigenvalue weighted by Crippen LogP contribution is 2.34. The van der Waals surface area contributed by atoms with Crippen LogP contribution in [0.4, 0.5) is 15.8 Å². The summed E-state index contributed by atoms with van der Waals surface area (Å²) in [5.74, 6) is -0.446. The van der Waals surface area contributed by atoms with Gasteiger partial charge in [0.1, 0.15) is 23.0 Å². The summed E-state index contributed by atoms with van der Waals surface area (Å²) in [4.78, 5) is 23.4. The number of hydrogen-bond acceptors (Lipinski definition) is 4. The zero-order chi connectivity index (χ0) is 16.2. The highest BCUT2D eigenvalue weighted by Gasteiger charge is 2.19. The van der Waals surface area contributed by atoms with E-state index in [2.05, 4.69) is 10.6 Å². The molecular formula is C16H13FN2O4. The first-order valence-electron chi connectivity index (χ1n) is 6.86. The standard InChI is InChI=1S/C16H13FN2O4/c17-10-3-1-4-11(7-10)22-8-14(20)18-12-5-2-6-13-16(12)19-15(21)9-23-13/h1-7H,8-9H2,(H,18,20)(H,19,21). The fraction of sp³-hybridized carbons (Fsp3) is 0.125. The van der Waals surface area contributed by atoms with Crippen molar-refractivity contribution in [1.82, 2.24) is 0 Å². The largest absolute Gasteiger partial charge is 0.484 e. The van der Waals surface area contributed by atoms with E-state index < -0.39 is 11.7 Å². The Balaban J connectivity index is 1.65. The van der Waals surface area contributed by atoms with E-state index in [1.807, 2.05) is 0 Å². The number of hydrogen-bond donors (Lipinski definition) is 2. The lowest BCUT2D eigenvalue weighted by Gasteiger charge is -2.20. The Morgan fingerprint density at radius 1 is 1.30 bits per heavy atom. The summed E-state index contributed by atoms with van der Waals surface area (Å²) < 4.78 is 23.5. The summed E-state index contributed by atoms with van der Waals surface area (Å²) in [7, 11) is 0. The van der Waals surface area contributed by atoms with Crippen molar-refractivity contribution in [2.24, 2.45) is 0 Å². The zero-order valence-corrected chi connectivity index (χ0v) is 12.0. The number of halogens is 1. The number of rotatable bonds is 4. The van der Waals surface area contributed by atoms with Gasteiger partial charge in [-0.25, -0.2) is 4.39 Å². The molecule has 0 aromatic heterocycles. The number of carbonyl (C=O) groups is 2. The molecule has 118 valence electrons. The van der Waals surface area contributed by atoms with E-state index in [1.54, 1.807) is 24.3 Å². The minimum atomic E-state index is -0.445. The Morgan fingerprint density at radius 3 is 2.96 bits per heavy atom.